The summed E-state index contributed by atoms with van der Waals surface area (Å²) in [7, 11) is 0. The fourth-order valence-corrected chi connectivity index (χ4v) is 5.80. The second-order valence-electron chi connectivity index (χ2n) is 14.6. The van der Waals surface area contributed by atoms with Gasteiger partial charge >= 0.3 is 5.97 Å². The molecular formula is C38H66N14O8. The number of unbranched alkanes of at least 4 members (excludes halogenated alkanes) is 1. The minimum Gasteiger partial charge on any atom is -0.480 e. The number of nitrogens with one attached hydrogen (secondary N) is 6. The average molecular weight is 847 g/mol. The molecular weight excluding hydrogens is 781 g/mol. The Balaban J connectivity index is 3.43. The third-order valence-corrected chi connectivity index (χ3v) is 8.93. The molecule has 60 heavy (non-hydrogen) atoms. The van der Waals surface area contributed by atoms with Crippen LogP contribution in [0.15, 0.2) is 40.3 Å². The van der Waals surface area contributed by atoms with Gasteiger partial charge in [0.2, 0.25) is 35.4 Å². The number of carbonyl (C=O) groups excluding carboxylic acids is 6. The molecule has 0 saturated carbocycles. The molecule has 0 aliphatic rings. The molecule has 0 spiro atoms. The molecule has 0 saturated heterocycles. The Morgan fingerprint density at radius 3 is 1.50 bits per heavy atom. The molecule has 0 unspecified atom stereocenters. The lowest BCUT2D eigenvalue weighted by Crippen LogP contribution is -2.59. The normalized spacial score (nSPS) is 13.8. The fraction of sp³-hybridized carbons (Fsp3) is 0.605. The molecule has 0 aromatic heterocycles. The zero-order valence-corrected chi connectivity index (χ0v) is 34.8. The van der Waals surface area contributed by atoms with Crippen molar-refractivity contribution in [2.45, 2.75) is 115 Å². The number of hydrogen-bond donors (Lipinski definition) is 13. The van der Waals surface area contributed by atoms with Gasteiger partial charge in [-0.15, -0.1) is 0 Å². The second-order valence-corrected chi connectivity index (χ2v) is 14.6. The zero-order chi connectivity index (χ0) is 45.2. The highest BCUT2D eigenvalue weighted by Crippen LogP contribution is 2.10. The molecule has 0 radical (unpaired) electrons. The van der Waals surface area contributed by atoms with Gasteiger partial charge < -0.3 is 71.4 Å². The van der Waals surface area contributed by atoms with E-state index in [-0.39, 0.29) is 82.4 Å². The van der Waals surface area contributed by atoms with Crippen molar-refractivity contribution in [3.05, 3.63) is 35.9 Å². The molecule has 6 atom stereocenters. The molecule has 22 heteroatoms. The Labute approximate surface area is 350 Å². The van der Waals surface area contributed by atoms with Gasteiger partial charge in [-0.3, -0.25) is 38.8 Å². The summed E-state index contributed by atoms with van der Waals surface area (Å²) >= 11 is 0. The molecule has 1 rings (SSSR count). The molecule has 0 bridgehead atoms. The Bertz CT molecular complexity index is 1600. The number of nitrogens with zero attached hydrogens (tertiary/aromatic N) is 2. The van der Waals surface area contributed by atoms with Crippen molar-refractivity contribution < 1.29 is 38.7 Å². The lowest BCUT2D eigenvalue weighted by molar-refractivity contribution is -0.143. The summed E-state index contributed by atoms with van der Waals surface area (Å²) in [4.78, 5) is 100. The van der Waals surface area contributed by atoms with Gasteiger partial charge in [0.1, 0.15) is 36.3 Å². The van der Waals surface area contributed by atoms with Crippen molar-refractivity contribution in [1.82, 2.24) is 31.9 Å². The molecule has 22 nitrogen and oxygen atoms in total. The van der Waals surface area contributed by atoms with Gasteiger partial charge in [0.05, 0.1) is 6.54 Å². The SMILES string of the molecule is CC(C)C[C@H](NC(=O)[C@H](CCCN=C(N)N)NC(=O)[C@H](CCCN=C(N)N)NC(=O)[C@H](Cc1ccccc1)NC(=O)[C@H](C)NC(=O)[C@H](CCCCN)NC(=O)CN)C(=O)O. The summed E-state index contributed by atoms with van der Waals surface area (Å²) in [5.41, 5.74) is 33.5. The summed E-state index contributed by atoms with van der Waals surface area (Å²) in [6.07, 6.45) is 1.83. The topological polar surface area (TPSA) is 393 Å². The van der Waals surface area contributed by atoms with Crippen molar-refractivity contribution in [2.24, 2.45) is 50.3 Å². The minimum atomic E-state index is -1.31. The van der Waals surface area contributed by atoms with E-state index < -0.39 is 77.7 Å². The van der Waals surface area contributed by atoms with E-state index in [1.807, 2.05) is 0 Å². The van der Waals surface area contributed by atoms with Crippen LogP contribution in [-0.2, 0) is 40.0 Å². The number of carboxylic acid groups (broad SMARTS) is 1. The molecule has 336 valence electrons. The van der Waals surface area contributed by atoms with Gasteiger partial charge in [-0.05, 0) is 76.3 Å². The van der Waals surface area contributed by atoms with Crippen molar-refractivity contribution >= 4 is 53.3 Å². The largest absolute Gasteiger partial charge is 0.480 e. The number of rotatable bonds is 29. The summed E-state index contributed by atoms with van der Waals surface area (Å²) in [6.45, 7) is 5.21. The molecule has 0 heterocycles. The smallest absolute Gasteiger partial charge is 0.326 e. The van der Waals surface area contributed by atoms with Gasteiger partial charge in [0.25, 0.3) is 0 Å². The quantitative estimate of drug-likeness (QED) is 0.0211. The molecule has 0 fully saturated rings. The van der Waals surface area contributed by atoms with Crippen molar-refractivity contribution in [3.63, 3.8) is 0 Å². The van der Waals surface area contributed by atoms with E-state index in [0.29, 0.717) is 24.9 Å². The third-order valence-electron chi connectivity index (χ3n) is 8.93. The number of guanidine groups is 2. The monoisotopic (exact) mass is 847 g/mol. The highest BCUT2D eigenvalue weighted by atomic mass is 16.4. The van der Waals surface area contributed by atoms with Gasteiger partial charge in [-0.25, -0.2) is 4.79 Å². The maximum Gasteiger partial charge on any atom is 0.326 e. The Hall–Kier alpha value is -6.03. The number of hydrogen-bond acceptors (Lipinski definition) is 11. The van der Waals surface area contributed by atoms with Crippen LogP contribution in [0.5, 0.6) is 0 Å². The standard InChI is InChI=1S/C38H66N14O8/c1-22(2)19-29(36(59)60)52-34(57)27(15-10-18-46-38(43)44)49-33(56)26(14-9-17-45-37(41)42)50-35(58)28(20-24-11-5-4-6-12-24)51-31(54)23(3)47-32(55)25(13-7-8-16-39)48-30(53)21-40/h4-6,11-12,22-23,25-29H,7-10,13-21,39-40H2,1-3H3,(H,47,55)(H,48,53)(H,49,56)(H,50,58)(H,51,54)(H,52,57)(H,59,60)(H4,41,42,45)(H4,43,44,46)/t23-,25-,26-,27-,28-,29-/m0/s1. The van der Waals surface area contributed by atoms with Gasteiger partial charge in [0, 0.05) is 19.5 Å². The van der Waals surface area contributed by atoms with E-state index in [2.05, 4.69) is 41.9 Å². The van der Waals surface area contributed by atoms with Crippen LogP contribution >= 0.6 is 0 Å². The Kier molecular flexibility index (Phi) is 24.6. The van der Waals surface area contributed by atoms with Gasteiger partial charge in [-0.1, -0.05) is 44.2 Å². The van der Waals surface area contributed by atoms with E-state index in [1.165, 1.54) is 6.92 Å². The first-order valence-electron chi connectivity index (χ1n) is 20.0. The summed E-state index contributed by atoms with van der Waals surface area (Å²) in [5, 5.41) is 25.3. The highest BCUT2D eigenvalue weighted by molar-refractivity contribution is 5.97. The van der Waals surface area contributed by atoms with Crippen LogP contribution in [-0.4, -0.2) is 121 Å². The summed E-state index contributed by atoms with van der Waals surface area (Å²) in [6, 6.07) is 1.44. The number of carbonyl (C=O) groups is 7. The predicted octanol–water partition coefficient (Wildman–Crippen LogP) is -3.52. The van der Waals surface area contributed by atoms with Crippen molar-refractivity contribution in [1.29, 1.82) is 0 Å². The maximum atomic E-state index is 14.1. The van der Waals surface area contributed by atoms with Crippen LogP contribution < -0.4 is 66.3 Å². The first kappa shape index (κ1) is 52.0. The van der Waals surface area contributed by atoms with Crippen LogP contribution in [0.1, 0.15) is 77.7 Å². The average Bonchev–Trinajstić information content (AvgIpc) is 3.18. The van der Waals surface area contributed by atoms with E-state index in [9.17, 15) is 38.7 Å². The molecule has 1 aromatic carbocycles. The lowest BCUT2D eigenvalue weighted by Gasteiger charge is -2.27. The molecule has 0 aliphatic carbocycles. The predicted molar refractivity (Wildman–Crippen MR) is 226 cm³/mol. The highest BCUT2D eigenvalue weighted by Gasteiger charge is 2.32. The number of nitrogens with two attached hydrogens (primary N) is 6. The van der Waals surface area contributed by atoms with Crippen molar-refractivity contribution in [2.75, 3.05) is 26.2 Å². The summed E-state index contributed by atoms with van der Waals surface area (Å²) in [5.74, 6) is -6.02. The fourth-order valence-electron chi connectivity index (χ4n) is 5.80. The third kappa shape index (κ3) is 21.6. The molecule has 6 amide bonds. The Morgan fingerprint density at radius 1 is 0.583 bits per heavy atom. The second kappa shape index (κ2) is 28.4. The first-order chi connectivity index (χ1) is 28.4. The van der Waals surface area contributed by atoms with Gasteiger partial charge in [0.15, 0.2) is 11.9 Å². The number of carboxylic acids is 1. The van der Waals surface area contributed by atoms with Crippen LogP contribution in [0.2, 0.25) is 0 Å². The first-order valence-corrected chi connectivity index (χ1v) is 20.0. The van der Waals surface area contributed by atoms with E-state index in [1.54, 1.807) is 44.2 Å². The minimum absolute atomic E-state index is 0.00286. The van der Waals surface area contributed by atoms with Crippen LogP contribution in [0.4, 0.5) is 0 Å². The van der Waals surface area contributed by atoms with Crippen molar-refractivity contribution in [3.8, 4) is 0 Å². The Morgan fingerprint density at radius 2 is 1.03 bits per heavy atom. The lowest BCUT2D eigenvalue weighted by atomic mass is 10.0. The number of benzene rings is 1. The number of aliphatic carboxylic acids is 1. The maximum absolute atomic E-state index is 14.1. The van der Waals surface area contributed by atoms with Crippen LogP contribution in [0.25, 0.3) is 0 Å². The van der Waals surface area contributed by atoms with E-state index >= 15 is 0 Å². The van der Waals surface area contributed by atoms with Crippen LogP contribution in [0.3, 0.4) is 0 Å². The summed E-state index contributed by atoms with van der Waals surface area (Å²) < 4.78 is 0. The molecule has 0 aliphatic heterocycles. The van der Waals surface area contributed by atoms with Crippen LogP contribution in [0, 0.1) is 5.92 Å². The number of amides is 6. The number of aliphatic imine (C=N–C) groups is 2. The zero-order valence-electron chi connectivity index (χ0n) is 34.8. The van der Waals surface area contributed by atoms with E-state index in [0.717, 1.165) is 0 Å². The van der Waals surface area contributed by atoms with Gasteiger partial charge in [-0.2, -0.15) is 0 Å². The van der Waals surface area contributed by atoms with E-state index in [4.69, 9.17) is 34.4 Å². The molecule has 19 N–H and O–H groups in total. The molecule has 1 aromatic rings.